The molecule has 0 unspecified atom stereocenters. The summed E-state index contributed by atoms with van der Waals surface area (Å²) in [5, 5.41) is 5.34. The van der Waals surface area contributed by atoms with Crippen molar-refractivity contribution in [2.24, 2.45) is 0 Å². The summed E-state index contributed by atoms with van der Waals surface area (Å²) in [6.45, 7) is 3.03. The largest absolute Gasteiger partial charge is 0.347 e. The van der Waals surface area contributed by atoms with Gasteiger partial charge >= 0.3 is 11.8 Å². The number of amides is 3. The number of nitrogens with zero attached hydrogens (tertiary/aromatic N) is 1. The van der Waals surface area contributed by atoms with Gasteiger partial charge < -0.3 is 15.5 Å². The van der Waals surface area contributed by atoms with E-state index in [1.54, 1.807) is 0 Å². The lowest BCUT2D eigenvalue weighted by Crippen LogP contribution is -2.36. The van der Waals surface area contributed by atoms with E-state index >= 15 is 0 Å². The zero-order valence-electron chi connectivity index (χ0n) is 15.8. The van der Waals surface area contributed by atoms with Crippen LogP contribution in [0.4, 0.5) is 11.4 Å². The third-order valence-electron chi connectivity index (χ3n) is 5.43. The normalized spacial score (nSPS) is 17.2. The molecule has 0 bridgehead atoms. The van der Waals surface area contributed by atoms with E-state index in [1.165, 1.54) is 0 Å². The highest BCUT2D eigenvalue weighted by Gasteiger charge is 2.38. The smallest absolute Gasteiger partial charge is 0.313 e. The number of carbonyl (C=O) groups excluding carboxylic acids is 3. The standard InChI is InChI=1S/C22H23N3O3/c1-14-18-13-17(12-16-8-5-11-25(19(16)18)22(14)28)24-21(27)20(26)23-10-9-15-6-3-2-4-7-15/h2-4,6-7,12-14H,5,8-11H2,1H3,(H,23,26)(H,24,27)/t14-/m0/s1. The maximum atomic E-state index is 12.4. The monoisotopic (exact) mass is 377 g/mol. The Kier molecular flexibility index (Phi) is 4.86. The zero-order chi connectivity index (χ0) is 19.7. The SMILES string of the molecule is C[C@@H]1C(=O)N2CCCc3cc(NC(=O)C(=O)NCCc4ccccc4)cc1c32. The van der Waals surface area contributed by atoms with Crippen LogP contribution in [-0.2, 0) is 27.2 Å². The molecule has 6 nitrogen and oxygen atoms in total. The van der Waals surface area contributed by atoms with Crippen LogP contribution < -0.4 is 15.5 Å². The van der Waals surface area contributed by atoms with Gasteiger partial charge in [-0.2, -0.15) is 0 Å². The molecule has 2 N–H and O–H groups in total. The molecule has 0 aliphatic carbocycles. The molecule has 0 fully saturated rings. The Morgan fingerprint density at radius 2 is 1.93 bits per heavy atom. The van der Waals surface area contributed by atoms with Crippen LogP contribution in [0.1, 0.15) is 36.0 Å². The predicted octanol–water partition coefficient (Wildman–Crippen LogP) is 2.38. The molecule has 4 rings (SSSR count). The second-order valence-electron chi connectivity index (χ2n) is 7.33. The third-order valence-corrected chi connectivity index (χ3v) is 5.43. The summed E-state index contributed by atoms with van der Waals surface area (Å²) >= 11 is 0. The van der Waals surface area contributed by atoms with Crippen molar-refractivity contribution in [3.8, 4) is 0 Å². The number of anilines is 2. The van der Waals surface area contributed by atoms with Crippen molar-refractivity contribution in [3.05, 3.63) is 59.2 Å². The highest BCUT2D eigenvalue weighted by molar-refractivity contribution is 6.39. The van der Waals surface area contributed by atoms with Gasteiger partial charge in [0.2, 0.25) is 5.91 Å². The van der Waals surface area contributed by atoms with E-state index in [0.29, 0.717) is 18.7 Å². The fraction of sp³-hybridized carbons (Fsp3) is 0.318. The first-order valence-corrected chi connectivity index (χ1v) is 9.66. The third kappa shape index (κ3) is 3.38. The molecule has 0 saturated carbocycles. The highest BCUT2D eigenvalue weighted by Crippen LogP contribution is 2.44. The number of aryl methyl sites for hydroxylation is 1. The van der Waals surface area contributed by atoms with Crippen molar-refractivity contribution in [1.82, 2.24) is 5.32 Å². The number of nitrogens with one attached hydrogen (secondary N) is 2. The number of hydrogen-bond donors (Lipinski definition) is 2. The zero-order valence-corrected chi connectivity index (χ0v) is 15.8. The van der Waals surface area contributed by atoms with Crippen molar-refractivity contribution in [3.63, 3.8) is 0 Å². The maximum absolute atomic E-state index is 12.4. The number of carbonyl (C=O) groups is 3. The summed E-state index contributed by atoms with van der Waals surface area (Å²) in [5.74, 6) is -1.46. The quantitative estimate of drug-likeness (QED) is 0.803. The molecule has 0 saturated heterocycles. The van der Waals surface area contributed by atoms with Gasteiger partial charge in [-0.1, -0.05) is 30.3 Å². The van der Waals surface area contributed by atoms with E-state index in [-0.39, 0.29) is 11.8 Å². The first-order chi connectivity index (χ1) is 13.5. The summed E-state index contributed by atoms with van der Waals surface area (Å²) < 4.78 is 0. The molecule has 1 atom stereocenters. The molecule has 2 heterocycles. The van der Waals surface area contributed by atoms with Crippen LogP contribution in [0.3, 0.4) is 0 Å². The lowest BCUT2D eigenvalue weighted by molar-refractivity contribution is -0.136. The van der Waals surface area contributed by atoms with E-state index < -0.39 is 11.8 Å². The molecule has 28 heavy (non-hydrogen) atoms. The average molecular weight is 377 g/mol. The minimum Gasteiger partial charge on any atom is -0.347 e. The van der Waals surface area contributed by atoms with Crippen molar-refractivity contribution in [2.45, 2.75) is 32.1 Å². The molecule has 3 amide bonds. The van der Waals surface area contributed by atoms with Gasteiger partial charge in [-0.05, 0) is 55.0 Å². The van der Waals surface area contributed by atoms with Crippen LogP contribution in [0.25, 0.3) is 0 Å². The van der Waals surface area contributed by atoms with Crippen LogP contribution in [0.5, 0.6) is 0 Å². The Morgan fingerprint density at radius 1 is 1.14 bits per heavy atom. The number of hydrogen-bond acceptors (Lipinski definition) is 3. The second-order valence-corrected chi connectivity index (χ2v) is 7.33. The fourth-order valence-corrected chi connectivity index (χ4v) is 4.00. The maximum Gasteiger partial charge on any atom is 0.313 e. The summed E-state index contributed by atoms with van der Waals surface area (Å²) in [4.78, 5) is 38.7. The fourth-order valence-electron chi connectivity index (χ4n) is 4.00. The number of benzene rings is 2. The summed E-state index contributed by atoms with van der Waals surface area (Å²) in [7, 11) is 0. The van der Waals surface area contributed by atoms with Crippen molar-refractivity contribution >= 4 is 29.1 Å². The van der Waals surface area contributed by atoms with Crippen molar-refractivity contribution in [2.75, 3.05) is 23.3 Å². The van der Waals surface area contributed by atoms with Crippen LogP contribution in [-0.4, -0.2) is 30.8 Å². The Balaban J connectivity index is 1.41. The van der Waals surface area contributed by atoms with Crippen LogP contribution in [0, 0.1) is 0 Å². The molecule has 0 spiro atoms. The lowest BCUT2D eigenvalue weighted by Gasteiger charge is -2.26. The van der Waals surface area contributed by atoms with Gasteiger partial charge in [0, 0.05) is 18.8 Å². The molecule has 2 aromatic carbocycles. The van der Waals surface area contributed by atoms with E-state index in [1.807, 2.05) is 54.3 Å². The van der Waals surface area contributed by atoms with Gasteiger partial charge in [0.1, 0.15) is 0 Å². The molecule has 144 valence electrons. The molecule has 2 aromatic rings. The summed E-state index contributed by atoms with van der Waals surface area (Å²) in [6.07, 6.45) is 2.44. The van der Waals surface area contributed by atoms with E-state index in [2.05, 4.69) is 10.6 Å². The van der Waals surface area contributed by atoms with Crippen LogP contribution in [0.15, 0.2) is 42.5 Å². The van der Waals surface area contributed by atoms with Gasteiger partial charge in [0.05, 0.1) is 11.6 Å². The first-order valence-electron chi connectivity index (χ1n) is 9.66. The van der Waals surface area contributed by atoms with Crippen molar-refractivity contribution < 1.29 is 14.4 Å². The molecule has 6 heteroatoms. The minimum atomic E-state index is -0.690. The van der Waals surface area contributed by atoms with Gasteiger partial charge in [-0.25, -0.2) is 0 Å². The van der Waals surface area contributed by atoms with Crippen LogP contribution >= 0.6 is 0 Å². The molecule has 2 aliphatic rings. The number of rotatable bonds is 4. The van der Waals surface area contributed by atoms with Gasteiger partial charge in [0.15, 0.2) is 0 Å². The first kappa shape index (κ1) is 18.2. The average Bonchev–Trinajstić information content (AvgIpc) is 2.95. The van der Waals surface area contributed by atoms with E-state index in [0.717, 1.165) is 41.8 Å². The minimum absolute atomic E-state index is 0.109. The Morgan fingerprint density at radius 3 is 2.71 bits per heavy atom. The van der Waals surface area contributed by atoms with Crippen molar-refractivity contribution in [1.29, 1.82) is 0 Å². The Hall–Kier alpha value is -3.15. The Labute approximate surface area is 163 Å². The summed E-state index contributed by atoms with van der Waals surface area (Å²) in [5.41, 5.74) is 4.65. The van der Waals surface area contributed by atoms with E-state index in [4.69, 9.17) is 0 Å². The second kappa shape index (κ2) is 7.46. The van der Waals surface area contributed by atoms with Gasteiger partial charge in [-0.3, -0.25) is 14.4 Å². The predicted molar refractivity (Wildman–Crippen MR) is 107 cm³/mol. The molecular weight excluding hydrogens is 354 g/mol. The molecule has 2 aliphatic heterocycles. The molecule has 0 aromatic heterocycles. The Bertz CT molecular complexity index is 940. The topological polar surface area (TPSA) is 78.5 Å². The lowest BCUT2D eigenvalue weighted by atomic mass is 9.96. The van der Waals surface area contributed by atoms with Crippen LogP contribution in [0.2, 0.25) is 0 Å². The van der Waals surface area contributed by atoms with E-state index in [9.17, 15) is 14.4 Å². The summed E-state index contributed by atoms with van der Waals surface area (Å²) in [6, 6.07) is 13.5. The highest BCUT2D eigenvalue weighted by atomic mass is 16.2. The molecular formula is C22H23N3O3. The van der Waals surface area contributed by atoms with Gasteiger partial charge in [-0.15, -0.1) is 0 Å². The molecule has 0 radical (unpaired) electrons. The van der Waals surface area contributed by atoms with Gasteiger partial charge in [0.25, 0.3) is 0 Å².